The van der Waals surface area contributed by atoms with Crippen molar-refractivity contribution in [1.29, 1.82) is 0 Å². The van der Waals surface area contributed by atoms with Crippen molar-refractivity contribution in [1.82, 2.24) is 15.0 Å². The topological polar surface area (TPSA) is 63.2 Å². The van der Waals surface area contributed by atoms with Gasteiger partial charge in [-0.3, -0.25) is 0 Å². The molecule has 0 saturated heterocycles. The molecular weight excluding hydrogens is 254 g/mol. The molecule has 6 nitrogen and oxygen atoms in total. The average molecular weight is 279 g/mol. The monoisotopic (exact) mass is 279 g/mol. The van der Waals surface area contributed by atoms with Gasteiger partial charge in [-0.05, 0) is 25.2 Å². The van der Waals surface area contributed by atoms with E-state index in [-0.39, 0.29) is 0 Å². The predicted molar refractivity (Wildman–Crippen MR) is 80.4 cm³/mol. The standard InChI is InChI=1S/C14H25N5O/c1-5-8-15-12-16-13(18-14(17-12)20-4)19(9-10(2)3)11-6-7-11/h10-11H,5-9H2,1-4H3,(H,15,16,17,18). The van der Waals surface area contributed by atoms with E-state index in [0.29, 0.717) is 23.9 Å². The van der Waals surface area contributed by atoms with Crippen LogP contribution < -0.4 is 15.0 Å². The summed E-state index contributed by atoms with van der Waals surface area (Å²) in [5, 5.41) is 3.21. The Morgan fingerprint density at radius 3 is 2.60 bits per heavy atom. The first kappa shape index (κ1) is 14.8. The molecule has 1 heterocycles. The summed E-state index contributed by atoms with van der Waals surface area (Å²) in [6.07, 6.45) is 3.47. The molecule has 0 unspecified atom stereocenters. The van der Waals surface area contributed by atoms with Crippen molar-refractivity contribution < 1.29 is 4.74 Å². The van der Waals surface area contributed by atoms with Crippen molar-refractivity contribution in [3.8, 4) is 6.01 Å². The minimum Gasteiger partial charge on any atom is -0.467 e. The fourth-order valence-corrected chi connectivity index (χ4v) is 2.06. The lowest BCUT2D eigenvalue weighted by molar-refractivity contribution is 0.378. The molecule has 1 N–H and O–H groups in total. The van der Waals surface area contributed by atoms with E-state index in [9.17, 15) is 0 Å². The fraction of sp³-hybridized carbons (Fsp3) is 0.786. The number of nitrogens with one attached hydrogen (secondary N) is 1. The molecule has 1 aliphatic rings. The second-order valence-corrected chi connectivity index (χ2v) is 5.65. The van der Waals surface area contributed by atoms with Crippen molar-refractivity contribution in [3.05, 3.63) is 0 Å². The quantitative estimate of drug-likeness (QED) is 0.788. The van der Waals surface area contributed by atoms with Gasteiger partial charge in [0.2, 0.25) is 11.9 Å². The highest BCUT2D eigenvalue weighted by Gasteiger charge is 2.31. The van der Waals surface area contributed by atoms with Crippen molar-refractivity contribution in [2.75, 3.05) is 30.4 Å². The second kappa shape index (κ2) is 6.72. The highest BCUT2D eigenvalue weighted by molar-refractivity contribution is 5.40. The van der Waals surface area contributed by atoms with E-state index in [4.69, 9.17) is 4.74 Å². The maximum absolute atomic E-state index is 5.20. The molecule has 0 aromatic carbocycles. The Balaban J connectivity index is 2.22. The maximum Gasteiger partial charge on any atom is 0.322 e. The van der Waals surface area contributed by atoms with Gasteiger partial charge in [0.05, 0.1) is 7.11 Å². The largest absolute Gasteiger partial charge is 0.467 e. The lowest BCUT2D eigenvalue weighted by Crippen LogP contribution is -2.32. The number of nitrogens with zero attached hydrogens (tertiary/aromatic N) is 4. The van der Waals surface area contributed by atoms with Gasteiger partial charge in [0.15, 0.2) is 0 Å². The lowest BCUT2D eigenvalue weighted by Gasteiger charge is -2.24. The molecule has 112 valence electrons. The van der Waals surface area contributed by atoms with E-state index in [1.807, 2.05) is 0 Å². The Kier molecular flexibility index (Phi) is 4.98. The maximum atomic E-state index is 5.20. The zero-order chi connectivity index (χ0) is 14.5. The van der Waals surface area contributed by atoms with Gasteiger partial charge in [-0.15, -0.1) is 0 Å². The molecule has 0 amide bonds. The Morgan fingerprint density at radius 1 is 1.30 bits per heavy atom. The summed E-state index contributed by atoms with van der Waals surface area (Å²) in [5.74, 6) is 1.90. The minimum absolute atomic E-state index is 0.378. The van der Waals surface area contributed by atoms with E-state index in [1.165, 1.54) is 12.8 Å². The number of aromatic nitrogens is 3. The molecule has 0 aliphatic heterocycles. The van der Waals surface area contributed by atoms with Gasteiger partial charge < -0.3 is 15.0 Å². The highest BCUT2D eigenvalue weighted by atomic mass is 16.5. The summed E-state index contributed by atoms with van der Waals surface area (Å²) in [7, 11) is 1.59. The lowest BCUT2D eigenvalue weighted by atomic mass is 10.2. The third-order valence-electron chi connectivity index (χ3n) is 3.13. The number of ether oxygens (including phenoxy) is 1. The minimum atomic E-state index is 0.378. The van der Waals surface area contributed by atoms with Gasteiger partial charge in [-0.1, -0.05) is 20.8 Å². The third-order valence-corrected chi connectivity index (χ3v) is 3.13. The number of hydrogen-bond acceptors (Lipinski definition) is 6. The van der Waals surface area contributed by atoms with Crippen LogP contribution in [-0.4, -0.2) is 41.2 Å². The van der Waals surface area contributed by atoms with Crippen LogP contribution in [0.25, 0.3) is 0 Å². The third kappa shape index (κ3) is 3.95. The number of rotatable bonds is 8. The molecule has 0 spiro atoms. The van der Waals surface area contributed by atoms with E-state index >= 15 is 0 Å². The smallest absolute Gasteiger partial charge is 0.322 e. The molecule has 2 rings (SSSR count). The van der Waals surface area contributed by atoms with Gasteiger partial charge >= 0.3 is 6.01 Å². The van der Waals surface area contributed by atoms with E-state index in [0.717, 1.165) is 25.5 Å². The van der Waals surface area contributed by atoms with Gasteiger partial charge in [-0.25, -0.2) is 0 Å². The first-order valence-electron chi connectivity index (χ1n) is 7.44. The van der Waals surface area contributed by atoms with Gasteiger partial charge in [0, 0.05) is 19.1 Å². The summed E-state index contributed by atoms with van der Waals surface area (Å²) < 4.78 is 5.20. The fourth-order valence-electron chi connectivity index (χ4n) is 2.06. The van der Waals surface area contributed by atoms with Crippen molar-refractivity contribution in [3.63, 3.8) is 0 Å². The molecule has 1 fully saturated rings. The predicted octanol–water partition coefficient (Wildman–Crippen LogP) is 2.33. The van der Waals surface area contributed by atoms with Crippen LogP contribution in [0.3, 0.4) is 0 Å². The number of methoxy groups -OCH3 is 1. The Morgan fingerprint density at radius 2 is 2.05 bits per heavy atom. The molecule has 20 heavy (non-hydrogen) atoms. The van der Waals surface area contributed by atoms with E-state index in [2.05, 4.69) is 45.9 Å². The van der Waals surface area contributed by atoms with Crippen LogP contribution in [0.4, 0.5) is 11.9 Å². The molecule has 1 aromatic rings. The van der Waals surface area contributed by atoms with Crippen LogP contribution in [-0.2, 0) is 0 Å². The zero-order valence-corrected chi connectivity index (χ0v) is 12.9. The molecule has 0 radical (unpaired) electrons. The van der Waals surface area contributed by atoms with Gasteiger partial charge in [0.25, 0.3) is 0 Å². The average Bonchev–Trinajstić information content (AvgIpc) is 3.26. The SMILES string of the molecule is CCCNc1nc(OC)nc(N(CC(C)C)C2CC2)n1. The summed E-state index contributed by atoms with van der Waals surface area (Å²) in [6.45, 7) is 8.35. The molecule has 6 heteroatoms. The van der Waals surface area contributed by atoms with Crippen LogP contribution in [0.1, 0.15) is 40.0 Å². The van der Waals surface area contributed by atoms with E-state index in [1.54, 1.807) is 7.11 Å². The summed E-state index contributed by atoms with van der Waals surface area (Å²) in [4.78, 5) is 15.5. The summed E-state index contributed by atoms with van der Waals surface area (Å²) in [6, 6.07) is 0.951. The van der Waals surface area contributed by atoms with Crippen LogP contribution in [0.5, 0.6) is 6.01 Å². The Hall–Kier alpha value is -1.59. The normalized spacial score (nSPS) is 14.4. The highest BCUT2D eigenvalue weighted by Crippen LogP contribution is 2.31. The Labute approximate surface area is 121 Å². The molecule has 1 aromatic heterocycles. The van der Waals surface area contributed by atoms with Crippen molar-refractivity contribution in [2.24, 2.45) is 5.92 Å². The molecule has 1 aliphatic carbocycles. The molecular formula is C14H25N5O. The Bertz CT molecular complexity index is 434. The molecule has 0 bridgehead atoms. The summed E-state index contributed by atoms with van der Waals surface area (Å²) in [5.41, 5.74) is 0. The van der Waals surface area contributed by atoms with Crippen LogP contribution in [0.15, 0.2) is 0 Å². The van der Waals surface area contributed by atoms with Gasteiger partial charge in [-0.2, -0.15) is 15.0 Å². The number of hydrogen-bond donors (Lipinski definition) is 1. The summed E-state index contributed by atoms with van der Waals surface area (Å²) >= 11 is 0. The van der Waals surface area contributed by atoms with Gasteiger partial charge in [0.1, 0.15) is 0 Å². The van der Waals surface area contributed by atoms with Crippen molar-refractivity contribution in [2.45, 2.75) is 46.1 Å². The van der Waals surface area contributed by atoms with Crippen LogP contribution >= 0.6 is 0 Å². The number of anilines is 2. The van der Waals surface area contributed by atoms with Crippen LogP contribution in [0, 0.1) is 5.92 Å². The van der Waals surface area contributed by atoms with Crippen LogP contribution in [0.2, 0.25) is 0 Å². The zero-order valence-electron chi connectivity index (χ0n) is 12.9. The molecule has 0 atom stereocenters. The molecule has 1 saturated carbocycles. The first-order valence-corrected chi connectivity index (χ1v) is 7.44. The van der Waals surface area contributed by atoms with Crippen molar-refractivity contribution >= 4 is 11.9 Å². The first-order chi connectivity index (χ1) is 9.63. The second-order valence-electron chi connectivity index (χ2n) is 5.65. The van der Waals surface area contributed by atoms with E-state index < -0.39 is 0 Å².